The van der Waals surface area contributed by atoms with Crippen molar-refractivity contribution in [2.45, 2.75) is 6.17 Å². The number of benzene rings is 2. The summed E-state index contributed by atoms with van der Waals surface area (Å²) in [5.74, 6) is 0. The van der Waals surface area contributed by atoms with Gasteiger partial charge in [-0.1, -0.05) is 54.1 Å². The molecule has 1 unspecified atom stereocenters. The zero-order valence-corrected chi connectivity index (χ0v) is 10.8. The Morgan fingerprint density at radius 2 is 1.68 bits per heavy atom. The zero-order chi connectivity index (χ0) is 13.2. The van der Waals surface area contributed by atoms with Gasteiger partial charge in [0.25, 0.3) is 0 Å². The molecule has 2 aromatic rings. The Morgan fingerprint density at radius 1 is 1.00 bits per heavy atom. The standard InChI is InChI=1S/C14H12ClN3O/c15-11-8-4-5-9-12(11)18-13(16-17-14(18)19)10-6-2-1-3-7-10/h1-9,13,16H,(H,17,19). The van der Waals surface area contributed by atoms with Gasteiger partial charge in [0.2, 0.25) is 0 Å². The van der Waals surface area contributed by atoms with Crippen LogP contribution in [0.1, 0.15) is 11.7 Å². The molecule has 1 saturated heterocycles. The average Bonchev–Trinajstić information content (AvgIpc) is 2.82. The Hall–Kier alpha value is -2.04. The predicted molar refractivity (Wildman–Crippen MR) is 74.8 cm³/mol. The molecule has 1 aliphatic rings. The quantitative estimate of drug-likeness (QED) is 0.883. The third-order valence-electron chi connectivity index (χ3n) is 3.02. The molecule has 96 valence electrons. The number of hydrogen-bond donors (Lipinski definition) is 2. The van der Waals surface area contributed by atoms with Crippen LogP contribution in [0.25, 0.3) is 0 Å². The molecule has 2 N–H and O–H groups in total. The lowest BCUT2D eigenvalue weighted by molar-refractivity contribution is 0.250. The summed E-state index contributed by atoms with van der Waals surface area (Å²) in [6.45, 7) is 0. The maximum Gasteiger partial charge on any atom is 0.337 e. The Bertz CT molecular complexity index is 603. The summed E-state index contributed by atoms with van der Waals surface area (Å²) in [6.07, 6.45) is -0.270. The third-order valence-corrected chi connectivity index (χ3v) is 3.34. The first-order valence-corrected chi connectivity index (χ1v) is 6.29. The molecule has 0 spiro atoms. The van der Waals surface area contributed by atoms with Crippen molar-refractivity contribution in [2.24, 2.45) is 0 Å². The first-order chi connectivity index (χ1) is 9.27. The van der Waals surface area contributed by atoms with Crippen LogP contribution in [0.3, 0.4) is 0 Å². The molecule has 0 radical (unpaired) electrons. The second kappa shape index (κ2) is 4.91. The van der Waals surface area contributed by atoms with Crippen molar-refractivity contribution in [3.05, 3.63) is 65.2 Å². The van der Waals surface area contributed by atoms with E-state index in [0.29, 0.717) is 10.7 Å². The van der Waals surface area contributed by atoms with Crippen LogP contribution < -0.4 is 15.8 Å². The summed E-state index contributed by atoms with van der Waals surface area (Å²) in [5.41, 5.74) is 7.26. The molecular formula is C14H12ClN3O. The van der Waals surface area contributed by atoms with Crippen molar-refractivity contribution >= 4 is 23.3 Å². The van der Waals surface area contributed by atoms with E-state index in [0.717, 1.165) is 5.56 Å². The highest BCUT2D eigenvalue weighted by atomic mass is 35.5. The fourth-order valence-electron chi connectivity index (χ4n) is 2.14. The van der Waals surface area contributed by atoms with Crippen LogP contribution in [0.5, 0.6) is 0 Å². The molecule has 1 fully saturated rings. The summed E-state index contributed by atoms with van der Waals surface area (Å²) in [4.78, 5) is 13.6. The van der Waals surface area contributed by atoms with E-state index >= 15 is 0 Å². The fraction of sp³-hybridized carbons (Fsp3) is 0.0714. The van der Waals surface area contributed by atoms with Gasteiger partial charge in [0, 0.05) is 0 Å². The van der Waals surface area contributed by atoms with Gasteiger partial charge in [0.1, 0.15) is 6.17 Å². The van der Waals surface area contributed by atoms with E-state index in [1.807, 2.05) is 48.5 Å². The molecular weight excluding hydrogens is 262 g/mol. The Labute approximate surface area is 116 Å². The van der Waals surface area contributed by atoms with Crippen molar-refractivity contribution in [2.75, 3.05) is 4.90 Å². The second-order valence-electron chi connectivity index (χ2n) is 4.21. The lowest BCUT2D eigenvalue weighted by atomic mass is 10.1. The number of anilines is 1. The number of nitrogens with zero attached hydrogens (tertiary/aromatic N) is 1. The molecule has 4 nitrogen and oxygen atoms in total. The minimum absolute atomic E-state index is 0.220. The summed E-state index contributed by atoms with van der Waals surface area (Å²) in [7, 11) is 0. The summed E-state index contributed by atoms with van der Waals surface area (Å²) >= 11 is 6.17. The van der Waals surface area contributed by atoms with Crippen LogP contribution in [0.4, 0.5) is 10.5 Å². The molecule has 3 rings (SSSR count). The molecule has 1 aliphatic heterocycles. The van der Waals surface area contributed by atoms with Crippen LogP contribution >= 0.6 is 11.6 Å². The van der Waals surface area contributed by atoms with E-state index in [4.69, 9.17) is 11.6 Å². The molecule has 0 bridgehead atoms. The van der Waals surface area contributed by atoms with Gasteiger partial charge in [-0.3, -0.25) is 10.3 Å². The highest BCUT2D eigenvalue weighted by Crippen LogP contribution is 2.32. The number of carbonyl (C=O) groups excluding carboxylic acids is 1. The van der Waals surface area contributed by atoms with Gasteiger partial charge in [0.15, 0.2) is 0 Å². The van der Waals surface area contributed by atoms with E-state index in [1.54, 1.807) is 11.0 Å². The van der Waals surface area contributed by atoms with Gasteiger partial charge >= 0.3 is 6.03 Å². The van der Waals surface area contributed by atoms with Crippen LogP contribution in [-0.2, 0) is 0 Å². The van der Waals surface area contributed by atoms with Crippen molar-refractivity contribution in [3.8, 4) is 0 Å². The molecule has 1 atom stereocenters. The van der Waals surface area contributed by atoms with Crippen molar-refractivity contribution in [3.63, 3.8) is 0 Å². The van der Waals surface area contributed by atoms with Crippen molar-refractivity contribution < 1.29 is 4.79 Å². The van der Waals surface area contributed by atoms with Gasteiger partial charge in [-0.05, 0) is 17.7 Å². The average molecular weight is 274 g/mol. The first kappa shape index (κ1) is 12.0. The number of nitrogens with one attached hydrogen (secondary N) is 2. The number of para-hydroxylation sites is 1. The molecule has 2 amide bonds. The van der Waals surface area contributed by atoms with E-state index in [9.17, 15) is 4.79 Å². The Balaban J connectivity index is 2.03. The number of hydrogen-bond acceptors (Lipinski definition) is 2. The van der Waals surface area contributed by atoms with Gasteiger partial charge in [-0.15, -0.1) is 0 Å². The highest BCUT2D eigenvalue weighted by molar-refractivity contribution is 6.33. The Morgan fingerprint density at radius 3 is 2.42 bits per heavy atom. The maximum absolute atomic E-state index is 12.0. The third kappa shape index (κ3) is 2.16. The van der Waals surface area contributed by atoms with Gasteiger partial charge in [-0.2, -0.15) is 0 Å². The SMILES string of the molecule is O=C1NNC(c2ccccc2)N1c1ccccc1Cl. The number of hydrazine groups is 1. The van der Waals surface area contributed by atoms with Crippen LogP contribution in [0.2, 0.25) is 5.02 Å². The number of rotatable bonds is 2. The normalized spacial score (nSPS) is 18.5. The van der Waals surface area contributed by atoms with Crippen molar-refractivity contribution in [1.82, 2.24) is 10.9 Å². The minimum Gasteiger partial charge on any atom is -0.271 e. The molecule has 19 heavy (non-hydrogen) atoms. The van der Waals surface area contributed by atoms with Gasteiger partial charge in [0.05, 0.1) is 10.7 Å². The number of amides is 2. The fourth-order valence-corrected chi connectivity index (χ4v) is 2.36. The Kier molecular flexibility index (Phi) is 3.11. The molecule has 1 heterocycles. The van der Waals surface area contributed by atoms with E-state index in [2.05, 4.69) is 10.9 Å². The maximum atomic E-state index is 12.0. The largest absolute Gasteiger partial charge is 0.337 e. The minimum atomic E-state index is -0.270. The lowest BCUT2D eigenvalue weighted by Crippen LogP contribution is -2.29. The molecule has 0 aromatic heterocycles. The van der Waals surface area contributed by atoms with Crippen LogP contribution in [-0.4, -0.2) is 6.03 Å². The van der Waals surface area contributed by atoms with Crippen molar-refractivity contribution in [1.29, 1.82) is 0 Å². The van der Waals surface area contributed by atoms with Crippen LogP contribution in [0, 0.1) is 0 Å². The number of carbonyl (C=O) groups is 1. The van der Waals surface area contributed by atoms with E-state index < -0.39 is 0 Å². The van der Waals surface area contributed by atoms with Gasteiger partial charge in [-0.25, -0.2) is 10.2 Å². The predicted octanol–water partition coefficient (Wildman–Crippen LogP) is 3.07. The second-order valence-corrected chi connectivity index (χ2v) is 4.62. The summed E-state index contributed by atoms with van der Waals surface area (Å²) < 4.78 is 0. The van der Waals surface area contributed by atoms with E-state index in [1.165, 1.54) is 0 Å². The summed E-state index contributed by atoms with van der Waals surface area (Å²) in [5, 5.41) is 0.544. The highest BCUT2D eigenvalue weighted by Gasteiger charge is 2.33. The van der Waals surface area contributed by atoms with Gasteiger partial charge < -0.3 is 0 Å². The summed E-state index contributed by atoms with van der Waals surface area (Å²) in [6, 6.07) is 16.8. The monoisotopic (exact) mass is 273 g/mol. The van der Waals surface area contributed by atoms with Crippen LogP contribution in [0.15, 0.2) is 54.6 Å². The smallest absolute Gasteiger partial charge is 0.271 e. The number of halogens is 1. The van der Waals surface area contributed by atoms with E-state index in [-0.39, 0.29) is 12.2 Å². The first-order valence-electron chi connectivity index (χ1n) is 5.91. The molecule has 5 heteroatoms. The topological polar surface area (TPSA) is 44.4 Å². The number of urea groups is 1. The molecule has 0 saturated carbocycles. The molecule has 0 aliphatic carbocycles. The molecule has 2 aromatic carbocycles. The lowest BCUT2D eigenvalue weighted by Gasteiger charge is -2.23. The zero-order valence-electron chi connectivity index (χ0n) is 10.0.